The van der Waals surface area contributed by atoms with Crippen LogP contribution in [0.5, 0.6) is 0 Å². The molecule has 6 atom stereocenters. The topological polar surface area (TPSA) is 24.1 Å². The van der Waals surface area contributed by atoms with Crippen LogP contribution in [0.2, 0.25) is 39.3 Å². The second kappa shape index (κ2) is 10.6. The van der Waals surface area contributed by atoms with Crippen LogP contribution >= 0.6 is 17.2 Å². The summed E-state index contributed by atoms with van der Waals surface area (Å²) in [6.45, 7) is 18.2. The maximum Gasteiger partial charge on any atom is 0.0774 e. The molecule has 4 saturated carbocycles. The first-order valence-corrected chi connectivity index (χ1v) is 25.6. The van der Waals surface area contributed by atoms with E-state index in [9.17, 15) is 0 Å². The maximum atomic E-state index is 4.01. The van der Waals surface area contributed by atoms with Crippen LogP contribution in [0.4, 0.5) is 0 Å². The number of nitrogens with one attached hydrogen (secondary N) is 2. The molecule has 6 aliphatic rings. The van der Waals surface area contributed by atoms with E-state index in [0.717, 1.165) is 35.2 Å². The summed E-state index contributed by atoms with van der Waals surface area (Å²) >= 11 is 0. The molecule has 0 radical (unpaired) electrons. The zero-order valence-corrected chi connectivity index (χ0v) is 29.4. The molecular weight excluding hydrogens is 530 g/mol. The molecule has 2 aliphatic heterocycles. The lowest BCUT2D eigenvalue weighted by Gasteiger charge is -2.62. The molecule has 2 N–H and O–H groups in total. The summed E-state index contributed by atoms with van der Waals surface area (Å²) in [7, 11) is 0.211. The predicted molar refractivity (Wildman–Crippen MR) is 178 cm³/mol. The standard InChI is InChI=1S/C32H56N2P2Si2/c1-37(2,3)28-16-25(21-36(30-9-7-11-33-30)31-10-8-12-34-31)26(17-29(28)38(4,5)6)32-18-22-13-23(19-32)15-24(14-22)27(32)20-35/h16-17,22-24,27,30-31,33-34H,7-15,18-21,35H2,1-6H3. The van der Waals surface area contributed by atoms with E-state index in [1.807, 2.05) is 21.5 Å². The van der Waals surface area contributed by atoms with Gasteiger partial charge in [0.1, 0.15) is 0 Å². The lowest BCUT2D eigenvalue weighted by molar-refractivity contribution is -0.0520. The first kappa shape index (κ1) is 28.5. The summed E-state index contributed by atoms with van der Waals surface area (Å²) in [6.07, 6.45) is 15.8. The monoisotopic (exact) mass is 586 g/mol. The highest BCUT2D eigenvalue weighted by Crippen LogP contribution is 2.65. The highest BCUT2D eigenvalue weighted by atomic mass is 31.1. The van der Waals surface area contributed by atoms with Gasteiger partial charge in [0.05, 0.1) is 16.1 Å². The summed E-state index contributed by atoms with van der Waals surface area (Å²) in [5.41, 5.74) is 4.15. The Morgan fingerprint density at radius 1 is 0.842 bits per heavy atom. The van der Waals surface area contributed by atoms with Crippen LogP contribution in [0.1, 0.15) is 68.9 Å². The van der Waals surface area contributed by atoms with Gasteiger partial charge in [-0.2, -0.15) is 0 Å². The Balaban J connectivity index is 1.52. The van der Waals surface area contributed by atoms with Gasteiger partial charge in [0.15, 0.2) is 0 Å². The van der Waals surface area contributed by atoms with Crippen molar-refractivity contribution in [3.63, 3.8) is 0 Å². The van der Waals surface area contributed by atoms with Gasteiger partial charge in [0.2, 0.25) is 0 Å². The van der Waals surface area contributed by atoms with E-state index < -0.39 is 16.1 Å². The van der Waals surface area contributed by atoms with Crippen molar-refractivity contribution in [3.8, 4) is 0 Å². The molecular formula is C32H56N2P2Si2. The quantitative estimate of drug-likeness (QED) is 0.260. The molecule has 1 aromatic carbocycles. The molecule has 0 amide bonds. The third kappa shape index (κ3) is 5.13. The summed E-state index contributed by atoms with van der Waals surface area (Å²) in [6, 6.07) is 5.81. The van der Waals surface area contributed by atoms with Crippen LogP contribution in [0, 0.1) is 23.7 Å². The lowest BCUT2D eigenvalue weighted by atomic mass is 9.43. The van der Waals surface area contributed by atoms with E-state index in [-0.39, 0.29) is 7.92 Å². The van der Waals surface area contributed by atoms with Crippen molar-refractivity contribution in [2.75, 3.05) is 19.3 Å². The largest absolute Gasteiger partial charge is 0.310 e. The molecule has 2 heterocycles. The smallest absolute Gasteiger partial charge is 0.0774 e. The molecule has 6 fully saturated rings. The summed E-state index contributed by atoms with van der Waals surface area (Å²) in [5, 5.41) is 11.7. The fourth-order valence-corrected chi connectivity index (χ4v) is 19.3. The zero-order chi connectivity index (χ0) is 26.9. The normalized spacial score (nSPS) is 37.8. The van der Waals surface area contributed by atoms with Crippen LogP contribution < -0.4 is 21.0 Å². The van der Waals surface area contributed by atoms with Crippen molar-refractivity contribution in [1.82, 2.24) is 10.6 Å². The molecule has 212 valence electrons. The minimum absolute atomic E-state index is 0.102. The predicted octanol–water partition coefficient (Wildman–Crippen LogP) is 6.75. The molecule has 7 rings (SSSR count). The average molecular weight is 587 g/mol. The van der Waals surface area contributed by atoms with Gasteiger partial charge in [-0.1, -0.05) is 69.7 Å². The van der Waals surface area contributed by atoms with Gasteiger partial charge in [-0.25, -0.2) is 0 Å². The van der Waals surface area contributed by atoms with Gasteiger partial charge in [-0.15, -0.1) is 9.24 Å². The van der Waals surface area contributed by atoms with E-state index in [1.165, 1.54) is 83.2 Å². The van der Waals surface area contributed by atoms with E-state index in [0.29, 0.717) is 5.41 Å². The minimum Gasteiger partial charge on any atom is -0.310 e. The van der Waals surface area contributed by atoms with Gasteiger partial charge in [0.25, 0.3) is 0 Å². The van der Waals surface area contributed by atoms with Crippen molar-refractivity contribution in [2.24, 2.45) is 23.7 Å². The van der Waals surface area contributed by atoms with Crippen LogP contribution in [0.15, 0.2) is 12.1 Å². The molecule has 6 heteroatoms. The van der Waals surface area contributed by atoms with Gasteiger partial charge in [0, 0.05) is 11.6 Å². The van der Waals surface area contributed by atoms with Gasteiger partial charge >= 0.3 is 0 Å². The minimum atomic E-state index is -1.47. The second-order valence-electron chi connectivity index (χ2n) is 16.1. The molecule has 2 nitrogen and oxygen atoms in total. The Labute approximate surface area is 240 Å². The van der Waals surface area contributed by atoms with Crippen molar-refractivity contribution >= 4 is 43.7 Å². The van der Waals surface area contributed by atoms with Crippen LogP contribution in [0.25, 0.3) is 0 Å². The van der Waals surface area contributed by atoms with Crippen molar-refractivity contribution in [2.45, 2.75) is 120 Å². The third-order valence-corrected chi connectivity index (χ3v) is 19.4. The van der Waals surface area contributed by atoms with Crippen molar-refractivity contribution in [3.05, 3.63) is 23.3 Å². The van der Waals surface area contributed by atoms with Crippen LogP contribution in [-0.2, 0) is 11.6 Å². The Bertz CT molecular complexity index is 990. The Kier molecular flexibility index (Phi) is 7.97. The molecule has 4 bridgehead atoms. The SMILES string of the molecule is C[Si](C)(C)c1cc(CP(C2CCCN2)C2CCCN2)c(C23CC4CC(CC(C4)C2CP)C3)cc1[Si](C)(C)C. The molecule has 0 aromatic heterocycles. The van der Waals surface area contributed by atoms with E-state index >= 15 is 0 Å². The number of benzene rings is 1. The molecule has 38 heavy (non-hydrogen) atoms. The summed E-state index contributed by atoms with van der Waals surface area (Å²) in [5.74, 6) is 5.37. The summed E-state index contributed by atoms with van der Waals surface area (Å²) < 4.78 is 0. The lowest BCUT2D eigenvalue weighted by Crippen LogP contribution is -2.59. The Morgan fingerprint density at radius 3 is 1.87 bits per heavy atom. The van der Waals surface area contributed by atoms with Gasteiger partial charge < -0.3 is 10.6 Å². The first-order chi connectivity index (χ1) is 18.0. The summed E-state index contributed by atoms with van der Waals surface area (Å²) in [4.78, 5) is 0. The fraction of sp³-hybridized carbons (Fsp3) is 0.812. The molecule has 6 unspecified atom stereocenters. The Morgan fingerprint density at radius 2 is 1.39 bits per heavy atom. The highest BCUT2D eigenvalue weighted by Gasteiger charge is 2.57. The number of hydrogen-bond acceptors (Lipinski definition) is 2. The third-order valence-electron chi connectivity index (χ3n) is 11.4. The van der Waals surface area contributed by atoms with Crippen LogP contribution in [-0.4, -0.2) is 47.0 Å². The first-order valence-electron chi connectivity index (χ1n) is 16.1. The van der Waals surface area contributed by atoms with Gasteiger partial charge in [-0.05, 0) is 123 Å². The Hall–Kier alpha value is 0.434. The zero-order valence-electron chi connectivity index (χ0n) is 25.3. The second-order valence-corrected chi connectivity index (χ2v) is 29.2. The van der Waals surface area contributed by atoms with E-state index in [2.05, 4.69) is 71.3 Å². The highest BCUT2D eigenvalue weighted by molar-refractivity contribution is 7.58. The van der Waals surface area contributed by atoms with Gasteiger partial charge in [-0.3, -0.25) is 0 Å². The number of hydrogen-bond donors (Lipinski definition) is 2. The van der Waals surface area contributed by atoms with E-state index in [4.69, 9.17) is 0 Å². The van der Waals surface area contributed by atoms with Crippen molar-refractivity contribution < 1.29 is 0 Å². The fourth-order valence-electron chi connectivity index (χ4n) is 10.00. The van der Waals surface area contributed by atoms with Crippen LogP contribution in [0.3, 0.4) is 0 Å². The number of rotatable bonds is 8. The average Bonchev–Trinajstić information content (AvgIpc) is 3.55. The maximum absolute atomic E-state index is 4.01. The molecule has 4 aliphatic carbocycles. The molecule has 1 aromatic rings. The van der Waals surface area contributed by atoms with E-state index in [1.54, 1.807) is 0 Å². The van der Waals surface area contributed by atoms with Crippen molar-refractivity contribution in [1.29, 1.82) is 0 Å². The molecule has 2 saturated heterocycles. The molecule has 0 spiro atoms.